The first-order valence-electron chi connectivity index (χ1n) is 11.2. The van der Waals surface area contributed by atoms with Crippen LogP contribution in [-0.4, -0.2) is 30.9 Å². The molecule has 1 atom stereocenters. The van der Waals surface area contributed by atoms with Crippen molar-refractivity contribution in [1.82, 2.24) is 4.98 Å². The fourth-order valence-corrected chi connectivity index (χ4v) is 5.12. The zero-order valence-corrected chi connectivity index (χ0v) is 20.2. The summed E-state index contributed by atoms with van der Waals surface area (Å²) in [6.45, 7) is 0. The number of methoxy groups -OCH3 is 2. The highest BCUT2D eigenvalue weighted by atomic mass is 32.2. The van der Waals surface area contributed by atoms with E-state index in [2.05, 4.69) is 35.7 Å². The number of benzene rings is 2. The lowest BCUT2D eigenvalue weighted by atomic mass is 9.82. The Labute approximate surface area is 204 Å². The van der Waals surface area contributed by atoms with Gasteiger partial charge in [-0.3, -0.25) is 4.79 Å². The maximum Gasteiger partial charge on any atom is 0.225 e. The van der Waals surface area contributed by atoms with Crippen molar-refractivity contribution in [3.8, 4) is 17.6 Å². The SMILES string of the molecule is COc1ccc(NC(=O)CCSc2nc3c(cc2C#N)CC(c2ccccc2)CC3)c(OC)c1. The van der Waals surface area contributed by atoms with Crippen LogP contribution in [0.5, 0.6) is 11.5 Å². The Morgan fingerprint density at radius 1 is 1.18 bits per heavy atom. The van der Waals surface area contributed by atoms with Gasteiger partial charge in [-0.1, -0.05) is 30.3 Å². The Morgan fingerprint density at radius 2 is 2.00 bits per heavy atom. The summed E-state index contributed by atoms with van der Waals surface area (Å²) in [6.07, 6.45) is 3.13. The number of ether oxygens (including phenoxy) is 2. The summed E-state index contributed by atoms with van der Waals surface area (Å²) in [5.41, 5.74) is 4.74. The fraction of sp³-hybridized carbons (Fsp3) is 0.296. The number of carbonyl (C=O) groups excluding carboxylic acids is 1. The van der Waals surface area contributed by atoms with E-state index in [9.17, 15) is 10.1 Å². The number of nitrogens with one attached hydrogen (secondary N) is 1. The van der Waals surface area contributed by atoms with Crippen molar-refractivity contribution in [3.63, 3.8) is 0 Å². The number of hydrogen-bond acceptors (Lipinski definition) is 6. The van der Waals surface area contributed by atoms with Gasteiger partial charge in [-0.05, 0) is 54.5 Å². The Hall–Kier alpha value is -3.50. The van der Waals surface area contributed by atoms with E-state index in [-0.39, 0.29) is 5.91 Å². The second kappa shape index (κ2) is 11.1. The average molecular weight is 474 g/mol. The van der Waals surface area contributed by atoms with Gasteiger partial charge in [0.2, 0.25) is 5.91 Å². The van der Waals surface area contributed by atoms with E-state index in [1.165, 1.54) is 17.3 Å². The molecular formula is C27H27N3O3S. The second-order valence-corrected chi connectivity index (χ2v) is 9.21. The highest BCUT2D eigenvalue weighted by molar-refractivity contribution is 7.99. The van der Waals surface area contributed by atoms with Crippen molar-refractivity contribution in [1.29, 1.82) is 5.26 Å². The number of aryl methyl sites for hydroxylation is 1. The van der Waals surface area contributed by atoms with Crippen LogP contribution < -0.4 is 14.8 Å². The summed E-state index contributed by atoms with van der Waals surface area (Å²) in [7, 11) is 3.13. The molecule has 1 aliphatic rings. The molecule has 7 heteroatoms. The third-order valence-corrected chi connectivity index (χ3v) is 6.99. The van der Waals surface area contributed by atoms with Crippen molar-refractivity contribution in [2.75, 3.05) is 25.3 Å². The third-order valence-electron chi connectivity index (χ3n) is 5.99. The molecule has 1 aromatic heterocycles. The summed E-state index contributed by atoms with van der Waals surface area (Å²) in [6, 6.07) is 20.1. The Balaban J connectivity index is 1.37. The van der Waals surface area contributed by atoms with E-state index in [1.807, 2.05) is 12.1 Å². The molecule has 0 aliphatic heterocycles. The molecule has 34 heavy (non-hydrogen) atoms. The molecular weight excluding hydrogens is 446 g/mol. The molecule has 2 aromatic carbocycles. The predicted octanol–water partition coefficient (Wildman–Crippen LogP) is 5.36. The summed E-state index contributed by atoms with van der Waals surface area (Å²) in [5, 5.41) is 13.3. The largest absolute Gasteiger partial charge is 0.497 e. The van der Waals surface area contributed by atoms with Gasteiger partial charge in [-0.25, -0.2) is 4.98 Å². The molecule has 1 aliphatic carbocycles. The van der Waals surface area contributed by atoms with Crippen LogP contribution in [0.2, 0.25) is 0 Å². The first-order valence-corrected chi connectivity index (χ1v) is 12.2. The molecule has 3 aromatic rings. The van der Waals surface area contributed by atoms with Crippen molar-refractivity contribution in [2.45, 2.75) is 36.6 Å². The van der Waals surface area contributed by atoms with Gasteiger partial charge in [-0.15, -0.1) is 11.8 Å². The van der Waals surface area contributed by atoms with E-state index in [1.54, 1.807) is 32.4 Å². The first-order chi connectivity index (χ1) is 16.6. The summed E-state index contributed by atoms with van der Waals surface area (Å²) >= 11 is 1.45. The van der Waals surface area contributed by atoms with E-state index in [0.717, 1.165) is 30.5 Å². The molecule has 6 nitrogen and oxygen atoms in total. The highest BCUT2D eigenvalue weighted by Gasteiger charge is 2.23. The number of fused-ring (bicyclic) bond motifs is 1. The highest BCUT2D eigenvalue weighted by Crippen LogP contribution is 2.34. The number of carbonyl (C=O) groups is 1. The monoisotopic (exact) mass is 473 g/mol. The maximum atomic E-state index is 12.5. The number of pyridine rings is 1. The van der Waals surface area contributed by atoms with Gasteiger partial charge in [0.05, 0.1) is 25.5 Å². The van der Waals surface area contributed by atoms with Gasteiger partial charge in [0.25, 0.3) is 0 Å². The minimum Gasteiger partial charge on any atom is -0.497 e. The lowest BCUT2D eigenvalue weighted by Gasteiger charge is -2.25. The Bertz CT molecular complexity index is 1210. The lowest BCUT2D eigenvalue weighted by molar-refractivity contribution is -0.115. The van der Waals surface area contributed by atoms with Crippen LogP contribution in [0.15, 0.2) is 59.6 Å². The lowest BCUT2D eigenvalue weighted by Crippen LogP contribution is -2.15. The zero-order chi connectivity index (χ0) is 23.9. The van der Waals surface area contributed by atoms with Crippen LogP contribution in [-0.2, 0) is 17.6 Å². The maximum absolute atomic E-state index is 12.5. The van der Waals surface area contributed by atoms with Gasteiger partial charge in [-0.2, -0.15) is 5.26 Å². The number of rotatable bonds is 8. The molecule has 0 bridgehead atoms. The van der Waals surface area contributed by atoms with E-state index < -0.39 is 0 Å². The molecule has 1 amide bonds. The number of anilines is 1. The Kier molecular flexibility index (Phi) is 7.71. The fourth-order valence-electron chi connectivity index (χ4n) is 4.20. The molecule has 0 saturated carbocycles. The van der Waals surface area contributed by atoms with Crippen molar-refractivity contribution < 1.29 is 14.3 Å². The van der Waals surface area contributed by atoms with Crippen LogP contribution in [0.3, 0.4) is 0 Å². The quantitative estimate of drug-likeness (QED) is 0.443. The van der Waals surface area contributed by atoms with Crippen LogP contribution >= 0.6 is 11.8 Å². The van der Waals surface area contributed by atoms with Crippen LogP contribution in [0.4, 0.5) is 5.69 Å². The molecule has 0 fully saturated rings. The predicted molar refractivity (Wildman–Crippen MR) is 134 cm³/mol. The molecule has 0 spiro atoms. The number of nitriles is 1. The summed E-state index contributed by atoms with van der Waals surface area (Å²) in [5.74, 6) is 2.05. The summed E-state index contributed by atoms with van der Waals surface area (Å²) < 4.78 is 10.5. The minimum atomic E-state index is -0.127. The second-order valence-electron chi connectivity index (χ2n) is 8.12. The van der Waals surface area contributed by atoms with Crippen molar-refractivity contribution in [3.05, 3.63) is 77.0 Å². The molecule has 174 valence electrons. The van der Waals surface area contributed by atoms with E-state index in [4.69, 9.17) is 14.5 Å². The first kappa shape index (κ1) is 23.7. The third kappa shape index (κ3) is 5.52. The average Bonchev–Trinajstić information content (AvgIpc) is 2.88. The van der Waals surface area contributed by atoms with Crippen molar-refractivity contribution in [2.24, 2.45) is 0 Å². The van der Waals surface area contributed by atoms with Gasteiger partial charge in [0.15, 0.2) is 0 Å². The van der Waals surface area contributed by atoms with Crippen LogP contribution in [0, 0.1) is 11.3 Å². The smallest absolute Gasteiger partial charge is 0.225 e. The number of amides is 1. The Morgan fingerprint density at radius 3 is 2.74 bits per heavy atom. The standard InChI is InChI=1S/C27H27N3O3S/c1-32-22-9-11-24(25(16-22)33-2)29-26(31)12-13-34-27-21(17-28)15-20-14-19(8-10-23(20)30-27)18-6-4-3-5-7-18/h3-7,9,11,15-16,19H,8,10,12-14H2,1-2H3,(H,29,31). The number of aromatic nitrogens is 1. The molecule has 0 saturated heterocycles. The molecule has 1 N–H and O–H groups in total. The van der Waals surface area contributed by atoms with E-state index in [0.29, 0.717) is 45.9 Å². The van der Waals surface area contributed by atoms with E-state index >= 15 is 0 Å². The molecule has 1 heterocycles. The molecule has 1 unspecified atom stereocenters. The summed E-state index contributed by atoms with van der Waals surface area (Å²) in [4.78, 5) is 17.3. The van der Waals surface area contributed by atoms with Gasteiger partial charge in [0, 0.05) is 23.9 Å². The van der Waals surface area contributed by atoms with Crippen LogP contribution in [0.1, 0.15) is 41.1 Å². The number of nitrogens with zero attached hydrogens (tertiary/aromatic N) is 2. The normalized spacial score (nSPS) is 14.6. The zero-order valence-electron chi connectivity index (χ0n) is 19.3. The van der Waals surface area contributed by atoms with Gasteiger partial charge >= 0.3 is 0 Å². The van der Waals surface area contributed by atoms with Crippen LogP contribution in [0.25, 0.3) is 0 Å². The number of thioether (sulfide) groups is 1. The minimum absolute atomic E-state index is 0.127. The van der Waals surface area contributed by atoms with Gasteiger partial charge < -0.3 is 14.8 Å². The molecule has 0 radical (unpaired) electrons. The topological polar surface area (TPSA) is 84.2 Å². The number of hydrogen-bond donors (Lipinski definition) is 1. The molecule has 4 rings (SSSR count). The van der Waals surface area contributed by atoms with Crippen molar-refractivity contribution >= 4 is 23.4 Å². The van der Waals surface area contributed by atoms with Gasteiger partial charge in [0.1, 0.15) is 22.6 Å².